The quantitative estimate of drug-likeness (QED) is 0.802. The number of thioether (sulfide) groups is 1. The van der Waals surface area contributed by atoms with Gasteiger partial charge in [-0.15, -0.1) is 11.8 Å². The maximum absolute atomic E-state index is 12.1. The van der Waals surface area contributed by atoms with Crippen molar-refractivity contribution < 1.29 is 9.59 Å². The minimum atomic E-state index is 0.156. The maximum atomic E-state index is 12.1. The smallest absolute Gasteiger partial charge is 0.232 e. The second-order valence-electron chi connectivity index (χ2n) is 5.49. The van der Waals surface area contributed by atoms with Gasteiger partial charge in [-0.25, -0.2) is 0 Å². The van der Waals surface area contributed by atoms with Crippen molar-refractivity contribution in [2.75, 3.05) is 18.8 Å². The first-order valence-electron chi connectivity index (χ1n) is 7.26. The molecule has 0 bridgehead atoms. The van der Waals surface area contributed by atoms with Crippen LogP contribution in [0.2, 0.25) is 0 Å². The van der Waals surface area contributed by atoms with Crippen molar-refractivity contribution in [3.8, 4) is 0 Å². The number of carbonyl (C=O) groups is 2. The van der Waals surface area contributed by atoms with Crippen LogP contribution in [-0.2, 0) is 22.4 Å². The summed E-state index contributed by atoms with van der Waals surface area (Å²) in [5, 5.41) is 0. The van der Waals surface area contributed by atoms with Gasteiger partial charge in [0, 0.05) is 30.8 Å². The van der Waals surface area contributed by atoms with E-state index in [9.17, 15) is 9.59 Å². The van der Waals surface area contributed by atoms with Crippen LogP contribution in [0.25, 0.3) is 0 Å². The maximum Gasteiger partial charge on any atom is 0.232 e. The first-order valence-corrected chi connectivity index (χ1v) is 8.25. The topological polar surface area (TPSA) is 37.4 Å². The second-order valence-corrected chi connectivity index (χ2v) is 6.54. The zero-order chi connectivity index (χ0) is 13.9. The Morgan fingerprint density at radius 3 is 2.65 bits per heavy atom. The average Bonchev–Trinajstić information content (AvgIpc) is 2.93. The van der Waals surface area contributed by atoms with Crippen molar-refractivity contribution >= 4 is 23.5 Å². The Morgan fingerprint density at radius 1 is 1.10 bits per heavy atom. The van der Waals surface area contributed by atoms with E-state index in [-0.39, 0.29) is 11.7 Å². The molecule has 0 atom stereocenters. The number of hydrogen-bond acceptors (Lipinski definition) is 3. The third-order valence-corrected chi connectivity index (χ3v) is 5.08. The fraction of sp³-hybridized carbons (Fsp3) is 0.500. The third kappa shape index (κ3) is 3.06. The number of nitrogens with zero attached hydrogens (tertiary/aromatic N) is 1. The van der Waals surface area contributed by atoms with Crippen LogP contribution in [0.3, 0.4) is 0 Å². The van der Waals surface area contributed by atoms with E-state index >= 15 is 0 Å². The van der Waals surface area contributed by atoms with Gasteiger partial charge in [0.2, 0.25) is 5.91 Å². The molecule has 0 N–H and O–H groups in total. The van der Waals surface area contributed by atoms with E-state index in [1.54, 1.807) is 11.8 Å². The summed E-state index contributed by atoms with van der Waals surface area (Å²) in [5.74, 6) is 0.913. The highest BCUT2D eigenvalue weighted by molar-refractivity contribution is 8.00. The fourth-order valence-corrected chi connectivity index (χ4v) is 3.74. The van der Waals surface area contributed by atoms with Gasteiger partial charge in [0.25, 0.3) is 0 Å². The zero-order valence-corrected chi connectivity index (χ0v) is 12.4. The van der Waals surface area contributed by atoms with Crippen LogP contribution in [0.1, 0.15) is 30.4 Å². The molecule has 3 rings (SSSR count). The molecule has 0 saturated carbocycles. The van der Waals surface area contributed by atoms with Gasteiger partial charge in [-0.1, -0.05) is 6.07 Å². The molecule has 0 spiro atoms. The molecule has 106 valence electrons. The van der Waals surface area contributed by atoms with Crippen molar-refractivity contribution in [1.82, 2.24) is 4.90 Å². The zero-order valence-electron chi connectivity index (χ0n) is 11.6. The summed E-state index contributed by atoms with van der Waals surface area (Å²) in [6, 6.07) is 6.57. The molecule has 4 heteroatoms. The molecule has 1 amide bonds. The number of aryl methyl sites for hydroxylation is 2. The summed E-state index contributed by atoms with van der Waals surface area (Å²) in [5.41, 5.74) is 2.92. The lowest BCUT2D eigenvalue weighted by atomic mass is 10.1. The number of carbonyl (C=O) groups excluding carboxylic acids is 2. The summed E-state index contributed by atoms with van der Waals surface area (Å²) in [6.45, 7) is 1.20. The molecule has 1 aliphatic heterocycles. The van der Waals surface area contributed by atoms with Crippen LogP contribution in [0, 0.1) is 0 Å². The van der Waals surface area contributed by atoms with E-state index in [0.29, 0.717) is 31.7 Å². The Kier molecular flexibility index (Phi) is 4.10. The Bertz CT molecular complexity index is 531. The van der Waals surface area contributed by atoms with Crippen molar-refractivity contribution in [3.63, 3.8) is 0 Å². The second kappa shape index (κ2) is 6.00. The Hall–Kier alpha value is -1.29. The lowest BCUT2D eigenvalue weighted by Crippen LogP contribution is -2.39. The SMILES string of the molecule is O=C1CCN(C(=O)CSc2ccc3c(c2)CCC3)CC1. The van der Waals surface area contributed by atoms with Gasteiger partial charge in [-0.05, 0) is 42.5 Å². The van der Waals surface area contributed by atoms with Crippen molar-refractivity contribution in [1.29, 1.82) is 0 Å². The normalized spacial score (nSPS) is 18.2. The Morgan fingerprint density at radius 2 is 1.85 bits per heavy atom. The number of amides is 1. The number of piperidine rings is 1. The highest BCUT2D eigenvalue weighted by Gasteiger charge is 2.20. The number of hydrogen-bond donors (Lipinski definition) is 0. The number of benzene rings is 1. The van der Waals surface area contributed by atoms with Gasteiger partial charge in [0.15, 0.2) is 0 Å². The van der Waals surface area contributed by atoms with Crippen LogP contribution in [-0.4, -0.2) is 35.4 Å². The van der Waals surface area contributed by atoms with Crippen LogP contribution in [0.5, 0.6) is 0 Å². The molecule has 1 aromatic carbocycles. The Labute approximate surface area is 123 Å². The van der Waals surface area contributed by atoms with E-state index in [2.05, 4.69) is 18.2 Å². The van der Waals surface area contributed by atoms with E-state index in [4.69, 9.17) is 0 Å². The largest absolute Gasteiger partial charge is 0.341 e. The molecule has 1 fully saturated rings. The van der Waals surface area contributed by atoms with E-state index in [1.165, 1.54) is 35.3 Å². The number of rotatable bonds is 3. The standard InChI is InChI=1S/C16H19NO2S/c18-14-6-8-17(9-7-14)16(19)11-20-15-5-4-12-2-1-3-13(12)10-15/h4-5,10H,1-3,6-9,11H2. The average molecular weight is 289 g/mol. The molecule has 1 aromatic rings. The van der Waals surface area contributed by atoms with Crippen molar-refractivity contribution in [3.05, 3.63) is 29.3 Å². The molecule has 0 radical (unpaired) electrons. The number of Topliss-reactive ketones (excluding diaryl/α,β-unsaturated/α-hetero) is 1. The van der Waals surface area contributed by atoms with Crippen LogP contribution in [0.4, 0.5) is 0 Å². The number of ketones is 1. The predicted octanol–water partition coefficient (Wildman–Crippen LogP) is 2.46. The summed E-state index contributed by atoms with van der Waals surface area (Å²) < 4.78 is 0. The van der Waals surface area contributed by atoms with E-state index in [0.717, 1.165) is 0 Å². The molecule has 0 unspecified atom stereocenters. The van der Waals surface area contributed by atoms with E-state index < -0.39 is 0 Å². The third-order valence-electron chi connectivity index (χ3n) is 4.11. The van der Waals surface area contributed by atoms with Gasteiger partial charge in [0.1, 0.15) is 5.78 Å². The van der Waals surface area contributed by atoms with Crippen LogP contribution >= 0.6 is 11.8 Å². The van der Waals surface area contributed by atoms with Gasteiger partial charge >= 0.3 is 0 Å². The van der Waals surface area contributed by atoms with Gasteiger partial charge in [0.05, 0.1) is 5.75 Å². The number of likely N-dealkylation sites (tertiary alicyclic amines) is 1. The summed E-state index contributed by atoms with van der Waals surface area (Å²) in [6.07, 6.45) is 4.67. The molecular formula is C16H19NO2S. The highest BCUT2D eigenvalue weighted by atomic mass is 32.2. The van der Waals surface area contributed by atoms with Gasteiger partial charge in [-0.2, -0.15) is 0 Å². The monoisotopic (exact) mass is 289 g/mol. The fourth-order valence-electron chi connectivity index (χ4n) is 2.88. The summed E-state index contributed by atoms with van der Waals surface area (Å²) in [4.78, 5) is 26.3. The van der Waals surface area contributed by atoms with Gasteiger partial charge in [-0.3, -0.25) is 9.59 Å². The summed E-state index contributed by atoms with van der Waals surface area (Å²) in [7, 11) is 0. The Balaban J connectivity index is 1.54. The molecule has 1 saturated heterocycles. The molecule has 1 aliphatic carbocycles. The first kappa shape index (κ1) is 13.7. The molecule has 1 heterocycles. The minimum Gasteiger partial charge on any atom is -0.341 e. The molecule has 2 aliphatic rings. The molecule has 20 heavy (non-hydrogen) atoms. The van der Waals surface area contributed by atoms with Crippen molar-refractivity contribution in [2.45, 2.75) is 37.0 Å². The minimum absolute atomic E-state index is 0.156. The molecular weight excluding hydrogens is 270 g/mol. The first-order chi connectivity index (χ1) is 9.72. The van der Waals surface area contributed by atoms with Crippen LogP contribution < -0.4 is 0 Å². The molecule has 3 nitrogen and oxygen atoms in total. The predicted molar refractivity (Wildman–Crippen MR) is 80.0 cm³/mol. The van der Waals surface area contributed by atoms with E-state index in [1.807, 2.05) is 4.90 Å². The lowest BCUT2D eigenvalue weighted by Gasteiger charge is -2.25. The molecule has 0 aromatic heterocycles. The highest BCUT2D eigenvalue weighted by Crippen LogP contribution is 2.27. The van der Waals surface area contributed by atoms with Gasteiger partial charge < -0.3 is 4.90 Å². The number of fused-ring (bicyclic) bond motifs is 1. The van der Waals surface area contributed by atoms with Crippen LogP contribution in [0.15, 0.2) is 23.1 Å². The lowest BCUT2D eigenvalue weighted by molar-refractivity contribution is -0.132. The van der Waals surface area contributed by atoms with Crippen molar-refractivity contribution in [2.24, 2.45) is 0 Å². The summed E-state index contributed by atoms with van der Waals surface area (Å²) >= 11 is 1.61.